The van der Waals surface area contributed by atoms with E-state index in [1.807, 2.05) is 23.1 Å². The Morgan fingerprint density at radius 3 is 2.61 bits per heavy atom. The van der Waals surface area contributed by atoms with Gasteiger partial charge in [0.15, 0.2) is 0 Å². The summed E-state index contributed by atoms with van der Waals surface area (Å²) in [4.78, 5) is 16.7. The van der Waals surface area contributed by atoms with Crippen LogP contribution in [-0.4, -0.2) is 66.0 Å². The van der Waals surface area contributed by atoms with Crippen LogP contribution in [-0.2, 0) is 4.79 Å². The smallest absolute Gasteiger partial charge is 0.232 e. The minimum atomic E-state index is 0.0435. The molecule has 1 aromatic rings. The van der Waals surface area contributed by atoms with Crippen molar-refractivity contribution in [2.24, 2.45) is 5.73 Å². The van der Waals surface area contributed by atoms with Crippen LogP contribution in [0.5, 0.6) is 0 Å². The predicted molar refractivity (Wildman–Crippen MR) is 98.9 cm³/mol. The van der Waals surface area contributed by atoms with Crippen molar-refractivity contribution in [2.75, 3.05) is 44.2 Å². The summed E-state index contributed by atoms with van der Waals surface area (Å²) in [7, 11) is 0. The Balaban J connectivity index is 1.76. The molecule has 4 nitrogen and oxygen atoms in total. The summed E-state index contributed by atoms with van der Waals surface area (Å²) < 4.78 is 0. The number of nitrogens with zero attached hydrogens (tertiary/aromatic N) is 2. The summed E-state index contributed by atoms with van der Waals surface area (Å²) in [5.41, 5.74) is 7.50. The van der Waals surface area contributed by atoms with Crippen molar-refractivity contribution in [3.05, 3.63) is 35.9 Å². The van der Waals surface area contributed by atoms with Crippen molar-refractivity contribution in [3.63, 3.8) is 0 Å². The number of amides is 1. The van der Waals surface area contributed by atoms with Gasteiger partial charge in [-0.2, -0.15) is 11.8 Å². The van der Waals surface area contributed by atoms with Gasteiger partial charge in [-0.1, -0.05) is 44.2 Å². The fourth-order valence-corrected chi connectivity index (χ4v) is 3.96. The molecule has 2 N–H and O–H groups in total. The molecule has 0 unspecified atom stereocenters. The first-order chi connectivity index (χ1) is 11.2. The highest BCUT2D eigenvalue weighted by molar-refractivity contribution is 7.99. The number of likely N-dealkylation sites (tertiary alicyclic amines) is 1. The summed E-state index contributed by atoms with van der Waals surface area (Å²) in [5, 5.41) is 0. The zero-order valence-corrected chi connectivity index (χ0v) is 15.1. The minimum absolute atomic E-state index is 0.0435. The van der Waals surface area contributed by atoms with Crippen LogP contribution in [0.4, 0.5) is 0 Å². The molecule has 0 aromatic heterocycles. The number of thioether (sulfide) groups is 1. The molecule has 0 aliphatic carbocycles. The lowest BCUT2D eigenvalue weighted by Crippen LogP contribution is -2.33. The highest BCUT2D eigenvalue weighted by Gasteiger charge is 2.33. The molecule has 1 aromatic carbocycles. The summed E-state index contributed by atoms with van der Waals surface area (Å²) in [5.74, 6) is 2.06. The third-order valence-corrected chi connectivity index (χ3v) is 5.54. The molecule has 0 spiro atoms. The first kappa shape index (κ1) is 18.3. The molecule has 1 aliphatic heterocycles. The van der Waals surface area contributed by atoms with Crippen LogP contribution in [0.2, 0.25) is 0 Å². The standard InChI is InChI=1S/C18H29N3OS/c1-3-20(4-2)10-11-23-14-18(22)21-12-16(17(19)13-21)15-8-6-5-7-9-15/h5-9,16-17H,3-4,10-14,19H2,1-2H3/t16-,17+/m0/s1. The Hall–Kier alpha value is -1.04. The molecule has 128 valence electrons. The van der Waals surface area contributed by atoms with Crippen molar-refractivity contribution in [2.45, 2.75) is 25.8 Å². The Morgan fingerprint density at radius 2 is 1.96 bits per heavy atom. The number of nitrogens with two attached hydrogens (primary N) is 1. The maximum absolute atomic E-state index is 12.4. The molecule has 2 atom stereocenters. The number of benzene rings is 1. The van der Waals surface area contributed by atoms with E-state index in [4.69, 9.17) is 5.73 Å². The summed E-state index contributed by atoms with van der Waals surface area (Å²) in [6.45, 7) is 8.98. The van der Waals surface area contributed by atoms with E-state index in [1.54, 1.807) is 11.8 Å². The molecule has 1 heterocycles. The maximum atomic E-state index is 12.4. The van der Waals surface area contributed by atoms with Crippen molar-refractivity contribution in [1.82, 2.24) is 9.80 Å². The van der Waals surface area contributed by atoms with E-state index in [0.717, 1.165) is 31.9 Å². The van der Waals surface area contributed by atoms with Gasteiger partial charge in [0.05, 0.1) is 5.75 Å². The van der Waals surface area contributed by atoms with E-state index in [-0.39, 0.29) is 17.9 Å². The monoisotopic (exact) mass is 335 g/mol. The molecule has 1 fully saturated rings. The second-order valence-electron chi connectivity index (χ2n) is 6.06. The zero-order chi connectivity index (χ0) is 16.7. The summed E-state index contributed by atoms with van der Waals surface area (Å²) >= 11 is 1.73. The molecule has 1 aliphatic rings. The maximum Gasteiger partial charge on any atom is 0.232 e. The second kappa shape index (κ2) is 9.30. The molecule has 0 saturated carbocycles. The Kier molecular flexibility index (Phi) is 7.40. The van der Waals surface area contributed by atoms with Gasteiger partial charge in [-0.05, 0) is 18.7 Å². The molecule has 2 rings (SSSR count). The van der Waals surface area contributed by atoms with Gasteiger partial charge in [0.2, 0.25) is 5.91 Å². The third kappa shape index (κ3) is 5.23. The van der Waals surface area contributed by atoms with Crippen LogP contribution in [0, 0.1) is 0 Å². The normalized spacial score (nSPS) is 21.1. The molecule has 5 heteroatoms. The van der Waals surface area contributed by atoms with E-state index in [9.17, 15) is 4.79 Å². The zero-order valence-electron chi connectivity index (χ0n) is 14.3. The lowest BCUT2D eigenvalue weighted by molar-refractivity contribution is -0.127. The molecule has 0 radical (unpaired) electrons. The lowest BCUT2D eigenvalue weighted by Gasteiger charge is -2.19. The predicted octanol–water partition coefficient (Wildman–Crippen LogP) is 2.01. The van der Waals surface area contributed by atoms with Gasteiger partial charge < -0.3 is 15.5 Å². The number of rotatable bonds is 8. The van der Waals surface area contributed by atoms with Crippen LogP contribution in [0.1, 0.15) is 25.3 Å². The number of hydrogen-bond donors (Lipinski definition) is 1. The number of hydrogen-bond acceptors (Lipinski definition) is 4. The van der Waals surface area contributed by atoms with Crippen LogP contribution < -0.4 is 5.73 Å². The topological polar surface area (TPSA) is 49.6 Å². The van der Waals surface area contributed by atoms with Gasteiger partial charge in [-0.3, -0.25) is 4.79 Å². The average molecular weight is 336 g/mol. The molecular formula is C18H29N3OS. The molecule has 1 saturated heterocycles. The highest BCUT2D eigenvalue weighted by Crippen LogP contribution is 2.26. The largest absolute Gasteiger partial charge is 0.340 e. The van der Waals surface area contributed by atoms with Gasteiger partial charge in [-0.25, -0.2) is 0 Å². The summed E-state index contributed by atoms with van der Waals surface area (Å²) in [6, 6.07) is 10.3. The van der Waals surface area contributed by atoms with E-state index >= 15 is 0 Å². The van der Waals surface area contributed by atoms with Crippen LogP contribution in [0.3, 0.4) is 0 Å². The van der Waals surface area contributed by atoms with Gasteiger partial charge in [0, 0.05) is 37.3 Å². The van der Waals surface area contributed by atoms with E-state index in [0.29, 0.717) is 12.3 Å². The highest BCUT2D eigenvalue weighted by atomic mass is 32.2. The molecule has 1 amide bonds. The average Bonchev–Trinajstić information content (AvgIpc) is 2.97. The van der Waals surface area contributed by atoms with Gasteiger partial charge in [0.1, 0.15) is 0 Å². The molecular weight excluding hydrogens is 306 g/mol. The number of carbonyl (C=O) groups excluding carboxylic acids is 1. The molecule has 0 bridgehead atoms. The fraction of sp³-hybridized carbons (Fsp3) is 0.611. The fourth-order valence-electron chi connectivity index (χ4n) is 3.07. The lowest BCUT2D eigenvalue weighted by atomic mass is 9.95. The van der Waals surface area contributed by atoms with E-state index in [1.165, 1.54) is 5.56 Å². The van der Waals surface area contributed by atoms with Crippen LogP contribution in [0.15, 0.2) is 30.3 Å². The quantitative estimate of drug-likeness (QED) is 0.739. The van der Waals surface area contributed by atoms with Crippen LogP contribution >= 0.6 is 11.8 Å². The second-order valence-corrected chi connectivity index (χ2v) is 7.16. The van der Waals surface area contributed by atoms with Gasteiger partial charge in [0.25, 0.3) is 0 Å². The van der Waals surface area contributed by atoms with Crippen molar-refractivity contribution in [1.29, 1.82) is 0 Å². The van der Waals surface area contributed by atoms with Crippen molar-refractivity contribution >= 4 is 17.7 Å². The summed E-state index contributed by atoms with van der Waals surface area (Å²) in [6.07, 6.45) is 0. The number of carbonyl (C=O) groups is 1. The van der Waals surface area contributed by atoms with Crippen molar-refractivity contribution in [3.8, 4) is 0 Å². The van der Waals surface area contributed by atoms with Gasteiger partial charge in [-0.15, -0.1) is 0 Å². The van der Waals surface area contributed by atoms with Crippen molar-refractivity contribution < 1.29 is 4.79 Å². The first-order valence-electron chi connectivity index (χ1n) is 8.54. The first-order valence-corrected chi connectivity index (χ1v) is 9.69. The third-order valence-electron chi connectivity index (χ3n) is 4.62. The Labute approximate surface area is 144 Å². The van der Waals surface area contributed by atoms with E-state index in [2.05, 4.69) is 30.9 Å². The SMILES string of the molecule is CCN(CC)CCSCC(=O)N1C[C@@H](N)[C@H](c2ccccc2)C1. The molecule has 23 heavy (non-hydrogen) atoms. The Bertz CT molecular complexity index is 478. The van der Waals surface area contributed by atoms with E-state index < -0.39 is 0 Å². The van der Waals surface area contributed by atoms with Gasteiger partial charge >= 0.3 is 0 Å². The Morgan fingerprint density at radius 1 is 1.26 bits per heavy atom. The minimum Gasteiger partial charge on any atom is -0.340 e. The van der Waals surface area contributed by atoms with Crippen LogP contribution in [0.25, 0.3) is 0 Å².